The zero-order valence-electron chi connectivity index (χ0n) is 21.6. The number of benzene rings is 2. The Morgan fingerprint density at radius 2 is 1.79 bits per heavy atom. The van der Waals surface area contributed by atoms with Crippen molar-refractivity contribution in [3.05, 3.63) is 58.4 Å². The number of nitrogens with two attached hydrogens (primary N) is 1. The van der Waals surface area contributed by atoms with E-state index < -0.39 is 52.7 Å². The summed E-state index contributed by atoms with van der Waals surface area (Å²) >= 11 is 0. The summed E-state index contributed by atoms with van der Waals surface area (Å²) in [6.07, 6.45) is -0.281. The summed E-state index contributed by atoms with van der Waals surface area (Å²) in [6.45, 7) is 2.04. The van der Waals surface area contributed by atoms with E-state index in [0.717, 1.165) is 17.7 Å². The number of allylic oxidation sites excluding steroid dienone is 1. The van der Waals surface area contributed by atoms with Gasteiger partial charge in [0.05, 0.1) is 11.7 Å². The average molecular weight is 521 g/mol. The monoisotopic (exact) mass is 520 g/mol. The molecule has 1 saturated carbocycles. The van der Waals surface area contributed by atoms with Gasteiger partial charge >= 0.3 is 0 Å². The number of carbonyl (C=O) groups excluding carboxylic acids is 3. The molecule has 0 aromatic heterocycles. The van der Waals surface area contributed by atoms with E-state index in [1.807, 2.05) is 56.3 Å². The van der Waals surface area contributed by atoms with Gasteiger partial charge in [0.15, 0.2) is 17.2 Å². The number of aliphatic hydroxyl groups is 3. The van der Waals surface area contributed by atoms with Crippen molar-refractivity contribution in [1.82, 2.24) is 0 Å². The normalized spacial score (nSPS) is 28.4. The third kappa shape index (κ3) is 3.56. The van der Waals surface area contributed by atoms with E-state index in [-0.39, 0.29) is 36.1 Å². The van der Waals surface area contributed by atoms with E-state index in [0.29, 0.717) is 16.7 Å². The van der Waals surface area contributed by atoms with Gasteiger partial charge in [-0.15, -0.1) is 0 Å². The van der Waals surface area contributed by atoms with Crippen LogP contribution in [-0.4, -0.2) is 63.7 Å². The summed E-state index contributed by atoms with van der Waals surface area (Å²) in [7, 11) is 3.67. The Bertz CT molecular complexity index is 1390. The smallest absolute Gasteiger partial charge is 0.230 e. The summed E-state index contributed by atoms with van der Waals surface area (Å²) in [5.74, 6) is -7.13. The number of phenolic OH excluding ortho intramolecular Hbond substituents is 1. The molecule has 0 radical (unpaired) electrons. The number of aliphatic hydroxyl groups excluding tert-OH is 2. The summed E-state index contributed by atoms with van der Waals surface area (Å²) in [5.41, 5.74) is 6.27. The Hall–Kier alpha value is -3.69. The number of hydrogen-bond acceptors (Lipinski definition) is 8. The first-order chi connectivity index (χ1) is 17.9. The van der Waals surface area contributed by atoms with Gasteiger partial charge in [-0.2, -0.15) is 0 Å². The van der Waals surface area contributed by atoms with Crippen LogP contribution in [0, 0.1) is 17.8 Å². The maximum atomic E-state index is 14.0. The highest BCUT2D eigenvalue weighted by Crippen LogP contribution is 2.53. The maximum Gasteiger partial charge on any atom is 0.230 e. The van der Waals surface area contributed by atoms with Crippen LogP contribution in [0.2, 0.25) is 0 Å². The van der Waals surface area contributed by atoms with Gasteiger partial charge in [-0.1, -0.05) is 31.2 Å². The highest BCUT2D eigenvalue weighted by Gasteiger charge is 2.62. The van der Waals surface area contributed by atoms with Gasteiger partial charge in [-0.3, -0.25) is 14.4 Å². The Morgan fingerprint density at radius 3 is 2.37 bits per heavy atom. The molecule has 6 N–H and O–H groups in total. The minimum Gasteiger partial charge on any atom is -0.508 e. The number of fused-ring (bicyclic) bond motifs is 3. The average Bonchev–Trinajstić information content (AvgIpc) is 2.86. The SMILES string of the molecule is CCc1ccc(-c2cc(N(C)C)c3c(c2O)C(=O)C2=C(O)[C@]4(O)C(=O)C(C(N)=O)C(O)C[C@@H]4C[C@@H]2C3)cc1. The Labute approximate surface area is 220 Å². The van der Waals surface area contributed by atoms with E-state index in [1.165, 1.54) is 0 Å². The maximum absolute atomic E-state index is 14.0. The lowest BCUT2D eigenvalue weighted by Gasteiger charge is -2.48. The van der Waals surface area contributed by atoms with Gasteiger partial charge in [-0.05, 0) is 54.4 Å². The highest BCUT2D eigenvalue weighted by molar-refractivity contribution is 6.17. The van der Waals surface area contributed by atoms with E-state index in [1.54, 1.807) is 0 Å². The minimum atomic E-state index is -2.52. The molecule has 5 atom stereocenters. The van der Waals surface area contributed by atoms with Crippen LogP contribution in [0.3, 0.4) is 0 Å². The van der Waals surface area contributed by atoms with Crippen molar-refractivity contribution in [3.63, 3.8) is 0 Å². The summed E-state index contributed by atoms with van der Waals surface area (Å²) in [5, 5.41) is 44.6. The first-order valence-corrected chi connectivity index (χ1v) is 12.8. The number of hydrogen-bond donors (Lipinski definition) is 5. The van der Waals surface area contributed by atoms with Gasteiger partial charge in [0.25, 0.3) is 0 Å². The second-order valence-electron chi connectivity index (χ2n) is 10.8. The minimum absolute atomic E-state index is 0.0142. The lowest BCUT2D eigenvalue weighted by molar-refractivity contribution is -0.167. The summed E-state index contributed by atoms with van der Waals surface area (Å²) in [4.78, 5) is 40.9. The van der Waals surface area contributed by atoms with Gasteiger partial charge in [0, 0.05) is 36.8 Å². The highest BCUT2D eigenvalue weighted by atomic mass is 16.3. The van der Waals surface area contributed by atoms with Crippen molar-refractivity contribution in [2.24, 2.45) is 23.5 Å². The number of rotatable bonds is 4. The van der Waals surface area contributed by atoms with Crippen molar-refractivity contribution in [3.8, 4) is 16.9 Å². The number of amides is 1. The molecule has 0 aliphatic heterocycles. The molecule has 3 aliphatic rings. The molecule has 5 rings (SSSR count). The molecule has 2 aromatic rings. The zero-order valence-corrected chi connectivity index (χ0v) is 21.6. The van der Waals surface area contributed by atoms with Crippen LogP contribution in [0.25, 0.3) is 11.1 Å². The summed E-state index contributed by atoms with van der Waals surface area (Å²) < 4.78 is 0. The Morgan fingerprint density at radius 1 is 1.13 bits per heavy atom. The van der Waals surface area contributed by atoms with Crippen molar-refractivity contribution >= 4 is 23.2 Å². The molecule has 38 heavy (non-hydrogen) atoms. The molecule has 1 fully saturated rings. The van der Waals surface area contributed by atoms with Crippen molar-refractivity contribution in [1.29, 1.82) is 0 Å². The third-order valence-electron chi connectivity index (χ3n) is 8.52. The fourth-order valence-electron chi connectivity index (χ4n) is 6.51. The molecule has 0 spiro atoms. The number of nitrogens with zero attached hydrogens (tertiary/aromatic N) is 1. The molecular formula is C29H32N2O7. The van der Waals surface area contributed by atoms with E-state index >= 15 is 0 Å². The molecule has 2 aromatic carbocycles. The van der Waals surface area contributed by atoms with E-state index in [2.05, 4.69) is 0 Å². The lowest BCUT2D eigenvalue weighted by atomic mass is 9.57. The van der Waals surface area contributed by atoms with Gasteiger partial charge in [0.2, 0.25) is 5.91 Å². The topological polar surface area (TPSA) is 161 Å². The van der Waals surface area contributed by atoms with Crippen molar-refractivity contribution in [2.45, 2.75) is 44.3 Å². The number of primary amides is 1. The van der Waals surface area contributed by atoms with Gasteiger partial charge in [0.1, 0.15) is 17.4 Å². The molecule has 0 bridgehead atoms. The second-order valence-corrected chi connectivity index (χ2v) is 10.8. The number of carbonyl (C=O) groups is 3. The predicted molar refractivity (Wildman–Crippen MR) is 140 cm³/mol. The first kappa shape index (κ1) is 25.9. The Kier molecular flexibility index (Phi) is 6.11. The molecule has 0 saturated heterocycles. The molecule has 3 aliphatic carbocycles. The van der Waals surface area contributed by atoms with Crippen LogP contribution in [0.5, 0.6) is 5.75 Å². The largest absolute Gasteiger partial charge is 0.508 e. The number of anilines is 1. The van der Waals surface area contributed by atoms with Crippen LogP contribution in [0.4, 0.5) is 5.69 Å². The standard InChI is InChI=1S/C29H32N2O7/c1-4-13-5-7-14(8-6-13)17-12-19(31(2)3)18-10-15-9-16-11-20(32)23(28(30)37)27(36)29(16,38)26(35)21(15)25(34)22(18)24(17)33/h5-8,12,15-16,20,23,32-33,35,38H,4,9-11H2,1-3H3,(H2,30,37)/t15-,16+,20?,23?,29+/m1/s1. The zero-order chi connectivity index (χ0) is 27.7. The van der Waals surface area contributed by atoms with Crippen molar-refractivity contribution in [2.75, 3.05) is 19.0 Å². The van der Waals surface area contributed by atoms with Gasteiger partial charge in [-0.25, -0.2) is 0 Å². The molecule has 200 valence electrons. The van der Waals surface area contributed by atoms with Crippen LogP contribution in [-0.2, 0) is 22.4 Å². The van der Waals surface area contributed by atoms with E-state index in [9.17, 15) is 34.8 Å². The Balaban J connectivity index is 1.69. The fraction of sp³-hybridized carbons (Fsp3) is 0.414. The quantitative estimate of drug-likeness (QED) is 0.383. The summed E-state index contributed by atoms with van der Waals surface area (Å²) in [6, 6.07) is 9.48. The molecule has 2 unspecified atom stereocenters. The lowest BCUT2D eigenvalue weighted by Crippen LogP contribution is -2.63. The van der Waals surface area contributed by atoms with Crippen LogP contribution in [0.15, 0.2) is 41.7 Å². The first-order valence-electron chi connectivity index (χ1n) is 12.8. The third-order valence-corrected chi connectivity index (χ3v) is 8.52. The molecular weight excluding hydrogens is 488 g/mol. The molecule has 0 heterocycles. The number of Topliss-reactive ketones (excluding diaryl/α,β-unsaturated/α-hetero) is 2. The van der Waals surface area contributed by atoms with Crippen molar-refractivity contribution < 1.29 is 34.8 Å². The van der Waals surface area contributed by atoms with Crippen LogP contribution < -0.4 is 10.6 Å². The number of aryl methyl sites for hydroxylation is 1. The molecule has 9 nitrogen and oxygen atoms in total. The number of aromatic hydroxyl groups is 1. The molecule has 9 heteroatoms. The van der Waals surface area contributed by atoms with Gasteiger partial charge < -0.3 is 31.1 Å². The fourth-order valence-corrected chi connectivity index (χ4v) is 6.51. The second kappa shape index (κ2) is 8.96. The molecule has 1 amide bonds. The van der Waals surface area contributed by atoms with Crippen LogP contribution >= 0.6 is 0 Å². The predicted octanol–water partition coefficient (Wildman–Crippen LogP) is 2.04. The van der Waals surface area contributed by atoms with E-state index in [4.69, 9.17) is 5.73 Å². The number of phenols is 1. The van der Waals surface area contributed by atoms with Crippen LogP contribution in [0.1, 0.15) is 41.3 Å². The number of ketones is 2.